The first kappa shape index (κ1) is 17.5. The molecule has 0 aliphatic rings. The number of anilines is 1. The number of nitro benzene ring substituents is 1. The molecule has 1 aromatic rings. The molecule has 7 heteroatoms. The van der Waals surface area contributed by atoms with Crippen LogP contribution in [0.5, 0.6) is 0 Å². The molecule has 0 spiro atoms. The van der Waals surface area contributed by atoms with Crippen LogP contribution >= 0.6 is 0 Å². The van der Waals surface area contributed by atoms with Gasteiger partial charge in [0.2, 0.25) is 0 Å². The van der Waals surface area contributed by atoms with Crippen LogP contribution in [0.2, 0.25) is 0 Å². The molecule has 7 nitrogen and oxygen atoms in total. The summed E-state index contributed by atoms with van der Waals surface area (Å²) in [6.07, 6.45) is 2.88. The summed E-state index contributed by atoms with van der Waals surface area (Å²) in [6.45, 7) is 7.26. The largest absolute Gasteiger partial charge is 0.444 e. The molecule has 0 aliphatic carbocycles. The topological polar surface area (TPSA) is 107 Å². The van der Waals surface area contributed by atoms with Crippen LogP contribution in [0.3, 0.4) is 0 Å². The number of alkyl carbamates (subject to hydrolysis) is 1. The van der Waals surface area contributed by atoms with Crippen molar-refractivity contribution < 1.29 is 14.5 Å². The number of amides is 1. The molecule has 120 valence electrons. The van der Waals surface area contributed by atoms with Crippen molar-refractivity contribution in [3.63, 3.8) is 0 Å². The number of nitro groups is 1. The number of ether oxygens (including phenoxy) is 1. The maximum Gasteiger partial charge on any atom is 0.407 e. The number of hydrogen-bond acceptors (Lipinski definition) is 5. The van der Waals surface area contributed by atoms with Gasteiger partial charge in [-0.05, 0) is 39.3 Å². The van der Waals surface area contributed by atoms with E-state index in [1.54, 1.807) is 45.9 Å². The minimum Gasteiger partial charge on any atom is -0.444 e. The Morgan fingerprint density at radius 3 is 2.64 bits per heavy atom. The van der Waals surface area contributed by atoms with Gasteiger partial charge in [-0.25, -0.2) is 4.79 Å². The molecule has 0 unspecified atom stereocenters. The second-order valence-corrected chi connectivity index (χ2v) is 5.81. The molecule has 0 saturated heterocycles. The third-order valence-corrected chi connectivity index (χ3v) is 2.66. The molecule has 1 aromatic carbocycles. The van der Waals surface area contributed by atoms with E-state index in [2.05, 4.69) is 5.32 Å². The van der Waals surface area contributed by atoms with Crippen LogP contribution in [0.4, 0.5) is 16.2 Å². The molecule has 1 amide bonds. The quantitative estimate of drug-likeness (QED) is 0.505. The predicted molar refractivity (Wildman–Crippen MR) is 85.5 cm³/mol. The lowest BCUT2D eigenvalue weighted by molar-refractivity contribution is -0.385. The van der Waals surface area contributed by atoms with E-state index in [-0.39, 0.29) is 12.2 Å². The summed E-state index contributed by atoms with van der Waals surface area (Å²) in [6, 6.07) is 2.97. The highest BCUT2D eigenvalue weighted by atomic mass is 16.6. The first-order chi connectivity index (χ1) is 10.1. The minimum absolute atomic E-state index is 0.0125. The standard InChI is InChI=1S/C15H21N3O4/c1-10-8-11(12(16)9-13(10)18(20)21)6-5-7-17-14(19)22-15(2,3)4/h5-6,8-9H,7,16H2,1-4H3,(H,17,19). The lowest BCUT2D eigenvalue weighted by Gasteiger charge is -2.19. The number of carbonyl (C=O) groups excluding carboxylic acids is 1. The Labute approximate surface area is 129 Å². The van der Waals surface area contributed by atoms with Gasteiger partial charge >= 0.3 is 6.09 Å². The Morgan fingerprint density at radius 1 is 1.45 bits per heavy atom. The van der Waals surface area contributed by atoms with Crippen molar-refractivity contribution in [3.8, 4) is 0 Å². The van der Waals surface area contributed by atoms with Crippen LogP contribution in [0.1, 0.15) is 31.9 Å². The highest BCUT2D eigenvalue weighted by Crippen LogP contribution is 2.25. The Balaban J connectivity index is 2.66. The van der Waals surface area contributed by atoms with Crippen molar-refractivity contribution in [1.29, 1.82) is 0 Å². The molecular formula is C15H21N3O4. The fourth-order valence-corrected chi connectivity index (χ4v) is 1.72. The molecule has 0 fully saturated rings. The fraction of sp³-hybridized carbons (Fsp3) is 0.400. The summed E-state index contributed by atoms with van der Waals surface area (Å²) >= 11 is 0. The van der Waals surface area contributed by atoms with E-state index in [0.717, 1.165) is 0 Å². The number of rotatable bonds is 4. The smallest absolute Gasteiger partial charge is 0.407 e. The average Bonchev–Trinajstić information content (AvgIpc) is 2.35. The molecule has 0 heterocycles. The van der Waals surface area contributed by atoms with E-state index in [4.69, 9.17) is 10.5 Å². The fourth-order valence-electron chi connectivity index (χ4n) is 1.72. The Hall–Kier alpha value is -2.57. The molecule has 0 aliphatic heterocycles. The normalized spacial score (nSPS) is 11.5. The molecule has 22 heavy (non-hydrogen) atoms. The van der Waals surface area contributed by atoms with Crippen LogP contribution in [-0.2, 0) is 4.74 Å². The van der Waals surface area contributed by atoms with Crippen molar-refractivity contribution >= 4 is 23.5 Å². The number of hydrogen-bond donors (Lipinski definition) is 2. The molecule has 0 bridgehead atoms. The third-order valence-electron chi connectivity index (χ3n) is 2.66. The summed E-state index contributed by atoms with van der Waals surface area (Å²) in [5.41, 5.74) is 6.72. The van der Waals surface area contributed by atoms with E-state index in [1.807, 2.05) is 0 Å². The molecule has 1 rings (SSSR count). The monoisotopic (exact) mass is 307 g/mol. The summed E-state index contributed by atoms with van der Waals surface area (Å²) in [5, 5.41) is 13.4. The summed E-state index contributed by atoms with van der Waals surface area (Å²) in [4.78, 5) is 21.8. The van der Waals surface area contributed by atoms with Gasteiger partial charge in [-0.2, -0.15) is 0 Å². The van der Waals surface area contributed by atoms with Crippen molar-refractivity contribution in [2.24, 2.45) is 0 Å². The lowest BCUT2D eigenvalue weighted by Crippen LogP contribution is -2.32. The zero-order valence-corrected chi connectivity index (χ0v) is 13.2. The first-order valence-electron chi connectivity index (χ1n) is 6.78. The minimum atomic E-state index is -0.548. The second-order valence-electron chi connectivity index (χ2n) is 5.81. The number of nitrogens with two attached hydrogens (primary N) is 1. The molecule has 0 atom stereocenters. The van der Waals surface area contributed by atoms with Crippen LogP contribution < -0.4 is 11.1 Å². The van der Waals surface area contributed by atoms with Crippen molar-refractivity contribution in [2.45, 2.75) is 33.3 Å². The first-order valence-corrected chi connectivity index (χ1v) is 6.78. The molecular weight excluding hydrogens is 286 g/mol. The van der Waals surface area contributed by atoms with Gasteiger partial charge in [-0.1, -0.05) is 12.2 Å². The van der Waals surface area contributed by atoms with E-state index < -0.39 is 16.6 Å². The highest BCUT2D eigenvalue weighted by Gasteiger charge is 2.15. The van der Waals surface area contributed by atoms with Crippen LogP contribution in [0.25, 0.3) is 6.08 Å². The van der Waals surface area contributed by atoms with E-state index in [0.29, 0.717) is 16.8 Å². The summed E-state index contributed by atoms with van der Waals surface area (Å²) in [7, 11) is 0. The zero-order valence-electron chi connectivity index (χ0n) is 13.2. The average molecular weight is 307 g/mol. The Bertz CT molecular complexity index is 604. The molecule has 0 radical (unpaired) electrons. The third kappa shape index (κ3) is 5.43. The van der Waals surface area contributed by atoms with E-state index in [9.17, 15) is 14.9 Å². The number of carbonyl (C=O) groups is 1. The second kappa shape index (κ2) is 6.93. The Kier molecular flexibility index (Phi) is 5.50. The van der Waals surface area contributed by atoms with Gasteiger partial charge < -0.3 is 15.8 Å². The van der Waals surface area contributed by atoms with Gasteiger partial charge in [0.05, 0.1) is 4.92 Å². The van der Waals surface area contributed by atoms with Crippen molar-refractivity contribution in [3.05, 3.63) is 39.4 Å². The highest BCUT2D eigenvalue weighted by molar-refractivity contribution is 5.70. The van der Waals surface area contributed by atoms with Gasteiger partial charge in [-0.3, -0.25) is 10.1 Å². The number of nitrogen functional groups attached to an aromatic ring is 1. The lowest BCUT2D eigenvalue weighted by atomic mass is 10.1. The maximum absolute atomic E-state index is 11.4. The summed E-state index contributed by atoms with van der Waals surface area (Å²) < 4.78 is 5.09. The number of nitrogens with zero attached hydrogens (tertiary/aromatic N) is 1. The van der Waals surface area contributed by atoms with Gasteiger partial charge in [0.15, 0.2) is 0 Å². The maximum atomic E-state index is 11.4. The summed E-state index contributed by atoms with van der Waals surface area (Å²) in [5.74, 6) is 0. The van der Waals surface area contributed by atoms with Crippen LogP contribution in [0, 0.1) is 17.0 Å². The molecule has 0 aromatic heterocycles. The van der Waals surface area contributed by atoms with Gasteiger partial charge in [0.1, 0.15) is 5.60 Å². The van der Waals surface area contributed by atoms with Crippen LogP contribution in [0.15, 0.2) is 18.2 Å². The number of nitrogens with one attached hydrogen (secondary N) is 1. The SMILES string of the molecule is Cc1cc(C=CCNC(=O)OC(C)(C)C)c(N)cc1[N+](=O)[O-]. The molecule has 3 N–H and O–H groups in total. The molecule has 0 saturated carbocycles. The number of benzene rings is 1. The predicted octanol–water partition coefficient (Wildman–Crippen LogP) is 3.02. The zero-order chi connectivity index (χ0) is 16.9. The van der Waals surface area contributed by atoms with E-state index >= 15 is 0 Å². The van der Waals surface area contributed by atoms with Gasteiger partial charge in [-0.15, -0.1) is 0 Å². The number of aryl methyl sites for hydroxylation is 1. The van der Waals surface area contributed by atoms with Gasteiger partial charge in [0.25, 0.3) is 5.69 Å². The van der Waals surface area contributed by atoms with Gasteiger partial charge in [0, 0.05) is 23.9 Å². The van der Waals surface area contributed by atoms with Crippen LogP contribution in [-0.4, -0.2) is 23.2 Å². The van der Waals surface area contributed by atoms with E-state index in [1.165, 1.54) is 6.07 Å². The van der Waals surface area contributed by atoms with Crippen molar-refractivity contribution in [2.75, 3.05) is 12.3 Å². The van der Waals surface area contributed by atoms with Crippen molar-refractivity contribution in [1.82, 2.24) is 5.32 Å². The Morgan fingerprint density at radius 2 is 2.09 bits per heavy atom.